The van der Waals surface area contributed by atoms with Crippen LogP contribution in [0.15, 0.2) is 0 Å². The molecule has 2 N–H and O–H groups in total. The fourth-order valence-corrected chi connectivity index (χ4v) is 2.05. The Labute approximate surface area is 84.7 Å². The Hall–Kier alpha value is -0.610. The van der Waals surface area contributed by atoms with Crippen LogP contribution in [0.4, 0.5) is 0 Å². The molecule has 1 saturated carbocycles. The van der Waals surface area contributed by atoms with Crippen LogP contribution in [0.3, 0.4) is 0 Å². The molecule has 1 fully saturated rings. The van der Waals surface area contributed by atoms with Gasteiger partial charge in [0.25, 0.3) is 0 Å². The van der Waals surface area contributed by atoms with Gasteiger partial charge in [0.1, 0.15) is 6.04 Å². The van der Waals surface area contributed by atoms with E-state index in [0.29, 0.717) is 0 Å². The summed E-state index contributed by atoms with van der Waals surface area (Å²) in [5.74, 6) is -0.104. The highest BCUT2D eigenvalue weighted by molar-refractivity contribution is 5.75. The van der Waals surface area contributed by atoms with E-state index in [1.54, 1.807) is 7.11 Å². The predicted molar refractivity (Wildman–Crippen MR) is 52.7 cm³/mol. The highest BCUT2D eigenvalue weighted by atomic mass is 16.5. The van der Waals surface area contributed by atoms with E-state index in [4.69, 9.17) is 10.5 Å². The molecule has 0 bridgehead atoms. The normalized spacial score (nSPS) is 29.6. The van der Waals surface area contributed by atoms with Crippen LogP contribution in [0.5, 0.6) is 0 Å². The van der Waals surface area contributed by atoms with Crippen molar-refractivity contribution >= 4 is 5.97 Å². The Morgan fingerprint density at radius 1 is 1.43 bits per heavy atom. The summed E-state index contributed by atoms with van der Waals surface area (Å²) in [7, 11) is 3.08. The van der Waals surface area contributed by atoms with Crippen molar-refractivity contribution in [1.82, 2.24) is 0 Å². The lowest BCUT2D eigenvalue weighted by molar-refractivity contribution is -0.144. The molecular formula is C10H19NO3. The second-order valence-corrected chi connectivity index (χ2v) is 3.83. The minimum Gasteiger partial charge on any atom is -0.468 e. The minimum absolute atomic E-state index is 0.209. The summed E-state index contributed by atoms with van der Waals surface area (Å²) >= 11 is 0. The van der Waals surface area contributed by atoms with Gasteiger partial charge in [-0.1, -0.05) is 6.42 Å². The molecule has 0 unspecified atom stereocenters. The van der Waals surface area contributed by atoms with Crippen molar-refractivity contribution < 1.29 is 14.3 Å². The molecule has 1 rings (SSSR count). The van der Waals surface area contributed by atoms with E-state index >= 15 is 0 Å². The smallest absolute Gasteiger partial charge is 0.322 e. The first-order valence-corrected chi connectivity index (χ1v) is 5.05. The van der Waals surface area contributed by atoms with Crippen LogP contribution in [-0.2, 0) is 14.3 Å². The first kappa shape index (κ1) is 11.5. The van der Waals surface area contributed by atoms with Gasteiger partial charge >= 0.3 is 5.97 Å². The number of carbonyl (C=O) groups excluding carboxylic acids is 1. The fourth-order valence-electron chi connectivity index (χ4n) is 2.05. The zero-order valence-corrected chi connectivity index (χ0v) is 8.86. The van der Waals surface area contributed by atoms with Crippen LogP contribution in [0.2, 0.25) is 0 Å². The summed E-state index contributed by atoms with van der Waals surface area (Å²) in [5.41, 5.74) is 5.79. The lowest BCUT2D eigenvalue weighted by Crippen LogP contribution is -2.42. The minimum atomic E-state index is -0.488. The van der Waals surface area contributed by atoms with Gasteiger partial charge in [0.2, 0.25) is 0 Å². The summed E-state index contributed by atoms with van der Waals surface area (Å²) in [6.07, 6.45) is 4.27. The van der Waals surface area contributed by atoms with Crippen molar-refractivity contribution in [2.45, 2.75) is 37.8 Å². The van der Waals surface area contributed by atoms with E-state index in [1.165, 1.54) is 7.11 Å². The fraction of sp³-hybridized carbons (Fsp3) is 0.900. The number of rotatable bonds is 3. The molecular weight excluding hydrogens is 182 g/mol. The van der Waals surface area contributed by atoms with Crippen LogP contribution in [0.25, 0.3) is 0 Å². The van der Waals surface area contributed by atoms with Crippen molar-refractivity contribution in [3.63, 3.8) is 0 Å². The third kappa shape index (κ3) is 2.69. The molecule has 0 heterocycles. The third-order valence-corrected chi connectivity index (χ3v) is 2.98. The zero-order chi connectivity index (χ0) is 10.6. The van der Waals surface area contributed by atoms with Gasteiger partial charge in [-0.3, -0.25) is 4.79 Å². The molecule has 0 aliphatic heterocycles. The maximum atomic E-state index is 11.2. The maximum absolute atomic E-state index is 11.2. The topological polar surface area (TPSA) is 61.5 Å². The van der Waals surface area contributed by atoms with E-state index in [2.05, 4.69) is 4.74 Å². The Kier molecular flexibility index (Phi) is 4.35. The molecule has 82 valence electrons. The number of hydrogen-bond donors (Lipinski definition) is 1. The number of ether oxygens (including phenoxy) is 2. The molecule has 1 aliphatic carbocycles. The standard InChI is InChI=1S/C10H19NO3/c1-13-8-5-3-4-7(6-8)9(11)10(12)14-2/h7-9H,3-6,11H2,1-2H3/t7-,8-,9-/m1/s1. The Balaban J connectivity index is 2.46. The van der Waals surface area contributed by atoms with Gasteiger partial charge in [-0.2, -0.15) is 0 Å². The highest BCUT2D eigenvalue weighted by Crippen LogP contribution is 2.28. The number of esters is 1. The quantitative estimate of drug-likeness (QED) is 0.682. The number of carbonyl (C=O) groups is 1. The van der Waals surface area contributed by atoms with E-state index < -0.39 is 6.04 Å². The first-order chi connectivity index (χ1) is 6.69. The van der Waals surface area contributed by atoms with E-state index in [9.17, 15) is 4.79 Å². The van der Waals surface area contributed by atoms with Gasteiger partial charge in [0.15, 0.2) is 0 Å². The monoisotopic (exact) mass is 201 g/mol. The van der Waals surface area contributed by atoms with E-state index in [-0.39, 0.29) is 18.0 Å². The summed E-state index contributed by atoms with van der Waals surface area (Å²) < 4.78 is 9.91. The average molecular weight is 201 g/mol. The molecule has 3 atom stereocenters. The van der Waals surface area contributed by atoms with Crippen LogP contribution >= 0.6 is 0 Å². The van der Waals surface area contributed by atoms with Crippen molar-refractivity contribution in [3.8, 4) is 0 Å². The maximum Gasteiger partial charge on any atom is 0.322 e. The Morgan fingerprint density at radius 3 is 2.71 bits per heavy atom. The molecule has 1 aliphatic rings. The second-order valence-electron chi connectivity index (χ2n) is 3.83. The van der Waals surface area contributed by atoms with Crippen molar-refractivity contribution in [2.75, 3.05) is 14.2 Å². The second kappa shape index (κ2) is 5.32. The van der Waals surface area contributed by atoms with Gasteiger partial charge in [-0.25, -0.2) is 0 Å². The van der Waals surface area contributed by atoms with Crippen LogP contribution < -0.4 is 5.73 Å². The molecule has 14 heavy (non-hydrogen) atoms. The van der Waals surface area contributed by atoms with E-state index in [1.807, 2.05) is 0 Å². The zero-order valence-electron chi connectivity index (χ0n) is 8.86. The number of methoxy groups -OCH3 is 2. The van der Waals surface area contributed by atoms with Crippen molar-refractivity contribution in [2.24, 2.45) is 11.7 Å². The molecule has 4 heteroatoms. The lowest BCUT2D eigenvalue weighted by atomic mass is 9.82. The highest BCUT2D eigenvalue weighted by Gasteiger charge is 2.30. The third-order valence-electron chi connectivity index (χ3n) is 2.98. The molecule has 0 aromatic heterocycles. The van der Waals surface area contributed by atoms with Gasteiger partial charge in [-0.15, -0.1) is 0 Å². The molecule has 0 aromatic rings. The summed E-state index contributed by atoms with van der Waals surface area (Å²) in [6, 6.07) is -0.488. The van der Waals surface area contributed by atoms with Crippen LogP contribution in [0.1, 0.15) is 25.7 Å². The Bertz CT molecular complexity index is 196. The Morgan fingerprint density at radius 2 is 2.14 bits per heavy atom. The summed E-state index contributed by atoms with van der Waals surface area (Å²) in [6.45, 7) is 0. The molecule has 0 radical (unpaired) electrons. The SMILES string of the molecule is COC(=O)[C@H](N)[C@@H]1CCC[C@@H](OC)C1. The largest absolute Gasteiger partial charge is 0.468 e. The molecule has 0 amide bonds. The van der Waals surface area contributed by atoms with E-state index in [0.717, 1.165) is 25.7 Å². The van der Waals surface area contributed by atoms with Crippen molar-refractivity contribution in [3.05, 3.63) is 0 Å². The number of hydrogen-bond acceptors (Lipinski definition) is 4. The molecule has 0 saturated heterocycles. The van der Waals surface area contributed by atoms with Crippen LogP contribution in [0, 0.1) is 5.92 Å². The summed E-state index contributed by atoms with van der Waals surface area (Å²) in [5, 5.41) is 0. The van der Waals surface area contributed by atoms with Gasteiger partial charge in [0.05, 0.1) is 13.2 Å². The summed E-state index contributed by atoms with van der Waals surface area (Å²) in [4.78, 5) is 11.2. The van der Waals surface area contributed by atoms with Gasteiger partial charge in [-0.05, 0) is 25.2 Å². The first-order valence-electron chi connectivity index (χ1n) is 5.05. The predicted octanol–water partition coefficient (Wildman–Crippen LogP) is 0.692. The molecule has 0 aromatic carbocycles. The molecule has 4 nitrogen and oxygen atoms in total. The van der Waals surface area contributed by atoms with Gasteiger partial charge in [0, 0.05) is 7.11 Å². The number of nitrogens with two attached hydrogens (primary N) is 1. The van der Waals surface area contributed by atoms with Crippen LogP contribution in [-0.4, -0.2) is 32.3 Å². The van der Waals surface area contributed by atoms with Gasteiger partial charge < -0.3 is 15.2 Å². The lowest BCUT2D eigenvalue weighted by Gasteiger charge is -2.30. The molecule has 0 spiro atoms. The van der Waals surface area contributed by atoms with Crippen molar-refractivity contribution in [1.29, 1.82) is 0 Å². The average Bonchev–Trinajstić information content (AvgIpc) is 2.27.